The molecule has 0 bridgehead atoms. The molecule has 0 fully saturated rings. The molecule has 0 aliphatic carbocycles. The molecule has 2 aromatic heterocycles. The number of aromatic amines is 2. The van der Waals surface area contributed by atoms with E-state index in [1.54, 1.807) is 22.6 Å². The summed E-state index contributed by atoms with van der Waals surface area (Å²) < 4.78 is 65.1. The van der Waals surface area contributed by atoms with Crippen LogP contribution in [0.5, 0.6) is 0 Å². The normalized spacial score (nSPS) is 13.3. The predicted octanol–water partition coefficient (Wildman–Crippen LogP) is 3.02. The van der Waals surface area contributed by atoms with Crippen LogP contribution >= 0.6 is 22.6 Å². The predicted molar refractivity (Wildman–Crippen MR) is 89.3 cm³/mol. The molecule has 26 heavy (non-hydrogen) atoms. The number of halogens is 6. The standard InChI is InChI=1S/C14H8F5IN4O2/c15-4-8-9-11(21-13(26)22-12(9)25)24(23-8)10(20)5-1-2-6(7(16)3-5)14(17,18)19/h1-3,10H,4H2,(H2,21,22,25,26)/t10-/m1/s1. The smallest absolute Gasteiger partial charge is 0.291 e. The molecule has 0 radical (unpaired) electrons. The van der Waals surface area contributed by atoms with Gasteiger partial charge in [0.15, 0.2) is 0 Å². The van der Waals surface area contributed by atoms with Crippen LogP contribution in [0.2, 0.25) is 0 Å². The van der Waals surface area contributed by atoms with Gasteiger partial charge in [-0.3, -0.25) is 14.8 Å². The van der Waals surface area contributed by atoms with Crippen molar-refractivity contribution in [2.45, 2.75) is 16.9 Å². The molecule has 3 aromatic rings. The number of nitrogens with one attached hydrogen (secondary N) is 2. The molecule has 0 saturated heterocycles. The Kier molecular flexibility index (Phi) is 4.62. The van der Waals surface area contributed by atoms with Crippen molar-refractivity contribution in [3.63, 3.8) is 0 Å². The van der Waals surface area contributed by atoms with E-state index < -0.39 is 39.5 Å². The van der Waals surface area contributed by atoms with Gasteiger partial charge in [0, 0.05) is 0 Å². The van der Waals surface area contributed by atoms with E-state index in [0.717, 1.165) is 10.7 Å². The molecule has 0 aliphatic heterocycles. The number of nitrogens with zero attached hydrogens (tertiary/aromatic N) is 2. The molecular formula is C14H8F5IN4O2. The second kappa shape index (κ2) is 6.48. The zero-order valence-corrected chi connectivity index (χ0v) is 14.7. The van der Waals surface area contributed by atoms with Crippen LogP contribution < -0.4 is 11.2 Å². The maximum atomic E-state index is 13.8. The topological polar surface area (TPSA) is 83.5 Å². The van der Waals surface area contributed by atoms with Crippen molar-refractivity contribution in [1.82, 2.24) is 19.7 Å². The van der Waals surface area contributed by atoms with E-state index in [4.69, 9.17) is 0 Å². The van der Waals surface area contributed by atoms with Gasteiger partial charge < -0.3 is 0 Å². The lowest BCUT2D eigenvalue weighted by atomic mass is 10.1. The number of alkyl halides is 5. The highest BCUT2D eigenvalue weighted by molar-refractivity contribution is 14.1. The molecule has 0 unspecified atom stereocenters. The van der Waals surface area contributed by atoms with Crippen molar-refractivity contribution in [1.29, 1.82) is 0 Å². The lowest BCUT2D eigenvalue weighted by molar-refractivity contribution is -0.140. The minimum atomic E-state index is -4.85. The van der Waals surface area contributed by atoms with Gasteiger partial charge in [0.05, 0.1) is 5.56 Å². The Hall–Kier alpha value is -2.25. The van der Waals surface area contributed by atoms with Gasteiger partial charge in [-0.15, -0.1) is 0 Å². The molecule has 0 aliphatic rings. The van der Waals surface area contributed by atoms with Crippen molar-refractivity contribution in [2.75, 3.05) is 0 Å². The van der Waals surface area contributed by atoms with Gasteiger partial charge in [-0.05, 0) is 17.7 Å². The third-order valence-corrected chi connectivity index (χ3v) is 4.83. The van der Waals surface area contributed by atoms with Gasteiger partial charge in [-0.1, -0.05) is 28.7 Å². The van der Waals surface area contributed by atoms with Crippen molar-refractivity contribution in [3.05, 3.63) is 61.7 Å². The van der Waals surface area contributed by atoms with Gasteiger partial charge >= 0.3 is 11.9 Å². The zero-order chi connectivity index (χ0) is 19.2. The summed E-state index contributed by atoms with van der Waals surface area (Å²) in [6.07, 6.45) is -4.85. The van der Waals surface area contributed by atoms with Crippen LogP contribution in [0.3, 0.4) is 0 Å². The summed E-state index contributed by atoms with van der Waals surface area (Å²) in [5.74, 6) is -1.48. The zero-order valence-electron chi connectivity index (χ0n) is 12.5. The average molecular weight is 486 g/mol. The average Bonchev–Trinajstić information content (AvgIpc) is 2.91. The summed E-state index contributed by atoms with van der Waals surface area (Å²) in [6.45, 7) is -1.11. The molecule has 6 nitrogen and oxygen atoms in total. The highest BCUT2D eigenvalue weighted by Crippen LogP contribution is 2.35. The van der Waals surface area contributed by atoms with Crippen LogP contribution in [0.15, 0.2) is 27.8 Å². The van der Waals surface area contributed by atoms with Crippen molar-refractivity contribution >= 4 is 33.6 Å². The number of H-pyrrole nitrogens is 2. The fraction of sp³-hybridized carbons (Fsp3) is 0.214. The summed E-state index contributed by atoms with van der Waals surface area (Å²) >= 11 is 1.72. The molecule has 0 saturated carbocycles. The maximum absolute atomic E-state index is 13.8. The Labute approximate surface area is 154 Å². The van der Waals surface area contributed by atoms with E-state index in [2.05, 4.69) is 10.1 Å². The highest BCUT2D eigenvalue weighted by atomic mass is 127. The first kappa shape index (κ1) is 18.5. The highest BCUT2D eigenvalue weighted by Gasteiger charge is 2.34. The molecule has 1 atom stereocenters. The summed E-state index contributed by atoms with van der Waals surface area (Å²) in [6, 6.07) is 2.29. The van der Waals surface area contributed by atoms with Crippen molar-refractivity contribution < 1.29 is 22.0 Å². The summed E-state index contributed by atoms with van der Waals surface area (Å²) in [4.78, 5) is 27.6. The van der Waals surface area contributed by atoms with Gasteiger partial charge in [-0.25, -0.2) is 18.3 Å². The van der Waals surface area contributed by atoms with E-state index in [1.807, 2.05) is 4.98 Å². The lowest BCUT2D eigenvalue weighted by Gasteiger charge is -2.14. The lowest BCUT2D eigenvalue weighted by Crippen LogP contribution is -2.23. The Morgan fingerprint density at radius 2 is 1.92 bits per heavy atom. The summed E-state index contributed by atoms with van der Waals surface area (Å²) in [7, 11) is 0. The Bertz CT molecular complexity index is 1100. The van der Waals surface area contributed by atoms with Gasteiger partial charge in [-0.2, -0.15) is 18.3 Å². The van der Waals surface area contributed by atoms with Gasteiger partial charge in [0.2, 0.25) is 0 Å². The molecule has 0 spiro atoms. The molecule has 2 heterocycles. The van der Waals surface area contributed by atoms with Crippen LogP contribution in [0.4, 0.5) is 22.0 Å². The Morgan fingerprint density at radius 1 is 1.23 bits per heavy atom. The molecule has 12 heteroatoms. The molecule has 2 N–H and O–H groups in total. The van der Waals surface area contributed by atoms with E-state index in [0.29, 0.717) is 12.1 Å². The quantitative estimate of drug-likeness (QED) is 0.340. The van der Waals surface area contributed by atoms with Crippen LogP contribution in [-0.4, -0.2) is 19.7 Å². The first-order valence-electron chi connectivity index (χ1n) is 6.94. The minimum absolute atomic E-state index is 0.0760. The Balaban J connectivity index is 2.17. The number of fused-ring (bicyclic) bond motifs is 1. The number of benzene rings is 1. The summed E-state index contributed by atoms with van der Waals surface area (Å²) in [5, 5.41) is 3.69. The largest absolute Gasteiger partial charge is 0.419 e. The van der Waals surface area contributed by atoms with E-state index in [-0.39, 0.29) is 22.3 Å². The number of aromatic nitrogens is 4. The third-order valence-electron chi connectivity index (χ3n) is 3.58. The van der Waals surface area contributed by atoms with Crippen molar-refractivity contribution in [3.8, 4) is 0 Å². The SMILES string of the molecule is O=c1[nH]c(=O)c2c(CF)nn([C@@H](I)c3ccc(C(F)(F)F)c(F)c3)c2[nH]1. The van der Waals surface area contributed by atoms with Crippen LogP contribution in [0, 0.1) is 5.82 Å². The maximum Gasteiger partial charge on any atom is 0.419 e. The van der Waals surface area contributed by atoms with Crippen LogP contribution in [-0.2, 0) is 12.9 Å². The number of hydrogen-bond donors (Lipinski definition) is 2. The molecule has 138 valence electrons. The fourth-order valence-electron chi connectivity index (χ4n) is 2.45. The van der Waals surface area contributed by atoms with E-state index in [9.17, 15) is 31.5 Å². The van der Waals surface area contributed by atoms with Crippen molar-refractivity contribution in [2.24, 2.45) is 0 Å². The number of rotatable bonds is 3. The van der Waals surface area contributed by atoms with Gasteiger partial charge in [0.25, 0.3) is 5.56 Å². The monoisotopic (exact) mass is 486 g/mol. The van der Waals surface area contributed by atoms with E-state index in [1.165, 1.54) is 0 Å². The molecule has 3 rings (SSSR count). The van der Waals surface area contributed by atoms with Crippen LogP contribution in [0.1, 0.15) is 20.9 Å². The Morgan fingerprint density at radius 3 is 2.50 bits per heavy atom. The second-order valence-electron chi connectivity index (χ2n) is 5.23. The number of hydrogen-bond acceptors (Lipinski definition) is 3. The molecule has 0 amide bonds. The first-order chi connectivity index (χ1) is 12.1. The van der Waals surface area contributed by atoms with Gasteiger partial charge in [0.1, 0.15) is 33.3 Å². The van der Waals surface area contributed by atoms with E-state index >= 15 is 0 Å². The molecular weight excluding hydrogens is 478 g/mol. The summed E-state index contributed by atoms with van der Waals surface area (Å²) in [5.41, 5.74) is -3.45. The van der Waals surface area contributed by atoms with Crippen LogP contribution in [0.25, 0.3) is 11.0 Å². The fourth-order valence-corrected chi connectivity index (χ4v) is 3.24. The second-order valence-corrected chi connectivity index (χ2v) is 6.41. The minimum Gasteiger partial charge on any atom is -0.291 e. The third kappa shape index (κ3) is 3.12. The molecule has 1 aromatic carbocycles. The first-order valence-corrected chi connectivity index (χ1v) is 8.18.